The maximum absolute atomic E-state index is 13.3. The molecule has 0 bridgehead atoms. The molecule has 0 unspecified atom stereocenters. The Bertz CT molecular complexity index is 1570. The third kappa shape index (κ3) is 5.05. The van der Waals surface area contributed by atoms with Crippen LogP contribution < -0.4 is 29.2 Å². The van der Waals surface area contributed by atoms with Gasteiger partial charge < -0.3 is 18.9 Å². The molecule has 0 aliphatic carbocycles. The predicted molar refractivity (Wildman–Crippen MR) is 137 cm³/mol. The Balaban J connectivity index is 1.42. The predicted octanol–water partition coefficient (Wildman–Crippen LogP) is 4.23. The van der Waals surface area contributed by atoms with Crippen LogP contribution >= 0.6 is 11.6 Å². The molecule has 1 saturated heterocycles. The molecule has 1 fully saturated rings. The normalized spacial score (nSPS) is 15.4. The molecule has 0 atom stereocenters. The van der Waals surface area contributed by atoms with E-state index in [4.69, 9.17) is 30.5 Å². The lowest BCUT2D eigenvalue weighted by Gasteiger charge is -2.26. The first-order valence-corrected chi connectivity index (χ1v) is 11.7. The number of amides is 4. The van der Waals surface area contributed by atoms with Gasteiger partial charge in [-0.2, -0.15) is 0 Å². The van der Waals surface area contributed by atoms with Crippen molar-refractivity contribution in [2.45, 2.75) is 6.61 Å². The van der Waals surface area contributed by atoms with Gasteiger partial charge in [-0.25, -0.2) is 9.69 Å². The van der Waals surface area contributed by atoms with E-state index in [9.17, 15) is 24.5 Å². The van der Waals surface area contributed by atoms with Crippen LogP contribution in [0.5, 0.6) is 23.0 Å². The smallest absolute Gasteiger partial charge is 0.335 e. The van der Waals surface area contributed by atoms with Gasteiger partial charge in [-0.1, -0.05) is 23.7 Å². The third-order valence-corrected chi connectivity index (χ3v) is 6.06. The number of nitro benzene ring substituents is 1. The summed E-state index contributed by atoms with van der Waals surface area (Å²) in [7, 11) is 1.38. The number of non-ortho nitro benzene ring substituents is 1. The number of hydrogen-bond donors (Lipinski definition) is 1. The van der Waals surface area contributed by atoms with E-state index in [1.165, 1.54) is 55.7 Å². The first-order valence-electron chi connectivity index (χ1n) is 11.3. The number of rotatable bonds is 7. The summed E-state index contributed by atoms with van der Waals surface area (Å²) in [6, 6.07) is 12.5. The zero-order valence-corrected chi connectivity index (χ0v) is 20.9. The Labute approximate surface area is 225 Å². The van der Waals surface area contributed by atoms with Crippen molar-refractivity contribution in [1.82, 2.24) is 5.32 Å². The molecule has 2 aliphatic rings. The van der Waals surface area contributed by atoms with E-state index in [1.807, 2.05) is 0 Å². The summed E-state index contributed by atoms with van der Waals surface area (Å²) in [6.45, 7) is -0.0260. The number of anilines is 1. The number of fused-ring (bicyclic) bond motifs is 1. The van der Waals surface area contributed by atoms with E-state index in [1.54, 1.807) is 12.1 Å². The lowest BCUT2D eigenvalue weighted by Crippen LogP contribution is -2.54. The molecule has 1 N–H and O–H groups in total. The molecule has 0 spiro atoms. The van der Waals surface area contributed by atoms with Gasteiger partial charge in [0.25, 0.3) is 17.5 Å². The first kappa shape index (κ1) is 25.5. The molecule has 3 aromatic carbocycles. The second kappa shape index (κ2) is 10.3. The number of hydrogen-bond acceptors (Lipinski definition) is 9. The summed E-state index contributed by atoms with van der Waals surface area (Å²) in [4.78, 5) is 49.7. The molecule has 198 valence electrons. The Morgan fingerprint density at radius 1 is 1.10 bits per heavy atom. The van der Waals surface area contributed by atoms with Crippen molar-refractivity contribution in [2.24, 2.45) is 0 Å². The van der Waals surface area contributed by atoms with Gasteiger partial charge in [-0.15, -0.1) is 0 Å². The molecule has 3 aromatic rings. The van der Waals surface area contributed by atoms with Crippen LogP contribution in [0.15, 0.2) is 60.2 Å². The van der Waals surface area contributed by atoms with Crippen molar-refractivity contribution in [3.63, 3.8) is 0 Å². The van der Waals surface area contributed by atoms with Gasteiger partial charge in [-0.05, 0) is 41.5 Å². The van der Waals surface area contributed by atoms with Crippen LogP contribution in [0, 0.1) is 10.1 Å². The number of methoxy groups -OCH3 is 1. The highest BCUT2D eigenvalue weighted by atomic mass is 35.5. The van der Waals surface area contributed by atoms with Crippen molar-refractivity contribution >= 4 is 46.9 Å². The monoisotopic (exact) mass is 551 g/mol. The standard InChI is InChI=1S/C26H18ClN3O9/c1-36-22-10-15(9-19(27)23(22)37-12-14-3-2-4-17(7-14)30(34)35)8-18-24(31)28-26(33)29(25(18)32)16-5-6-20-21(11-16)39-13-38-20/h2-11H,12-13H2,1H3,(H,28,31,33)/b18-8+. The Morgan fingerprint density at radius 2 is 1.90 bits per heavy atom. The highest BCUT2D eigenvalue weighted by Crippen LogP contribution is 2.39. The topological polar surface area (TPSA) is 147 Å². The molecule has 39 heavy (non-hydrogen) atoms. The molecule has 5 rings (SSSR count). The lowest BCUT2D eigenvalue weighted by atomic mass is 10.1. The Morgan fingerprint density at radius 3 is 2.67 bits per heavy atom. The van der Waals surface area contributed by atoms with Crippen molar-refractivity contribution < 1.29 is 38.3 Å². The van der Waals surface area contributed by atoms with E-state index in [2.05, 4.69) is 5.32 Å². The SMILES string of the molecule is COc1cc(/C=C2\C(=O)NC(=O)N(c3ccc4c(c3)OCO4)C2=O)cc(Cl)c1OCc1cccc([N+](=O)[O-])c1. The molecule has 0 radical (unpaired) electrons. The molecule has 0 aromatic heterocycles. The van der Waals surface area contributed by atoms with Gasteiger partial charge in [0, 0.05) is 18.2 Å². The van der Waals surface area contributed by atoms with E-state index >= 15 is 0 Å². The molecule has 4 amide bonds. The quantitative estimate of drug-likeness (QED) is 0.197. The minimum atomic E-state index is -0.915. The van der Waals surface area contributed by atoms with E-state index in [-0.39, 0.29) is 46.9 Å². The average molecular weight is 552 g/mol. The number of urea groups is 1. The number of carbonyl (C=O) groups excluding carboxylic acids is 3. The number of carbonyl (C=O) groups is 3. The van der Waals surface area contributed by atoms with Gasteiger partial charge >= 0.3 is 6.03 Å². The highest BCUT2D eigenvalue weighted by Gasteiger charge is 2.37. The molecule has 13 heteroatoms. The minimum Gasteiger partial charge on any atom is -0.493 e. The fourth-order valence-electron chi connectivity index (χ4n) is 3.96. The maximum atomic E-state index is 13.3. The fraction of sp³-hybridized carbons (Fsp3) is 0.115. The third-order valence-electron chi connectivity index (χ3n) is 5.78. The van der Waals surface area contributed by atoms with E-state index < -0.39 is 22.8 Å². The van der Waals surface area contributed by atoms with Crippen molar-refractivity contribution in [1.29, 1.82) is 0 Å². The van der Waals surface area contributed by atoms with E-state index in [0.29, 0.717) is 22.6 Å². The van der Waals surface area contributed by atoms with Crippen LogP contribution in [0.25, 0.3) is 6.08 Å². The summed E-state index contributed by atoms with van der Waals surface area (Å²) < 4.78 is 21.7. The fourth-order valence-corrected chi connectivity index (χ4v) is 4.24. The van der Waals surface area contributed by atoms with Gasteiger partial charge in [0.05, 0.1) is 22.7 Å². The molecule has 0 saturated carbocycles. The number of nitrogens with one attached hydrogen (secondary N) is 1. The molecule has 12 nitrogen and oxygen atoms in total. The molecular formula is C26H18ClN3O9. The summed E-state index contributed by atoms with van der Waals surface area (Å²) in [6.07, 6.45) is 1.27. The summed E-state index contributed by atoms with van der Waals surface area (Å²) >= 11 is 6.44. The van der Waals surface area contributed by atoms with Crippen LogP contribution in [0.2, 0.25) is 5.02 Å². The number of halogens is 1. The second-order valence-corrected chi connectivity index (χ2v) is 8.65. The Kier molecular flexibility index (Phi) is 6.77. The molecule has 2 heterocycles. The zero-order valence-electron chi connectivity index (χ0n) is 20.1. The zero-order chi connectivity index (χ0) is 27.7. The van der Waals surface area contributed by atoms with Crippen LogP contribution in [-0.4, -0.2) is 36.7 Å². The van der Waals surface area contributed by atoms with Gasteiger partial charge in [-0.3, -0.25) is 25.0 Å². The van der Waals surface area contributed by atoms with Crippen molar-refractivity contribution in [3.05, 3.63) is 86.4 Å². The number of ether oxygens (including phenoxy) is 4. The van der Waals surface area contributed by atoms with Gasteiger partial charge in [0.15, 0.2) is 23.0 Å². The van der Waals surface area contributed by atoms with Crippen LogP contribution in [-0.2, 0) is 16.2 Å². The number of nitrogens with zero attached hydrogens (tertiary/aromatic N) is 2. The van der Waals surface area contributed by atoms with Crippen molar-refractivity contribution in [2.75, 3.05) is 18.8 Å². The minimum absolute atomic E-state index is 0.0101. The maximum Gasteiger partial charge on any atom is 0.335 e. The van der Waals surface area contributed by atoms with Gasteiger partial charge in [0.2, 0.25) is 6.79 Å². The lowest BCUT2D eigenvalue weighted by molar-refractivity contribution is -0.384. The highest BCUT2D eigenvalue weighted by molar-refractivity contribution is 6.39. The summed E-state index contributed by atoms with van der Waals surface area (Å²) in [5.74, 6) is -0.582. The van der Waals surface area contributed by atoms with Gasteiger partial charge in [0.1, 0.15) is 12.2 Å². The van der Waals surface area contributed by atoms with E-state index in [0.717, 1.165) is 4.90 Å². The number of barbiturate groups is 1. The number of benzene rings is 3. The molecular weight excluding hydrogens is 534 g/mol. The average Bonchev–Trinajstić information content (AvgIpc) is 3.38. The molecule has 2 aliphatic heterocycles. The first-order chi connectivity index (χ1) is 18.7. The summed E-state index contributed by atoms with van der Waals surface area (Å²) in [5, 5.41) is 13.3. The largest absolute Gasteiger partial charge is 0.493 e. The van der Waals surface area contributed by atoms with Crippen LogP contribution in [0.3, 0.4) is 0 Å². The van der Waals surface area contributed by atoms with Crippen LogP contribution in [0.1, 0.15) is 11.1 Å². The van der Waals surface area contributed by atoms with Crippen molar-refractivity contribution in [3.8, 4) is 23.0 Å². The van der Waals surface area contributed by atoms with Crippen LogP contribution in [0.4, 0.5) is 16.2 Å². The summed E-state index contributed by atoms with van der Waals surface area (Å²) in [5.41, 5.74) is 0.625. The Hall–Kier alpha value is -5.10. The number of imide groups is 2. The number of nitro groups is 1. The second-order valence-electron chi connectivity index (χ2n) is 8.25.